The van der Waals surface area contributed by atoms with Crippen LogP contribution in [-0.4, -0.2) is 29.2 Å². The van der Waals surface area contributed by atoms with Gasteiger partial charge in [0.25, 0.3) is 0 Å². The third kappa shape index (κ3) is 3.52. The first-order valence-electron chi connectivity index (χ1n) is 8.44. The van der Waals surface area contributed by atoms with Crippen LogP contribution in [0.15, 0.2) is 29.2 Å². The van der Waals surface area contributed by atoms with E-state index in [1.54, 1.807) is 12.1 Å². The molecule has 1 aliphatic rings. The fourth-order valence-corrected chi connectivity index (χ4v) is 4.19. The molecule has 1 unspecified atom stereocenters. The molecule has 0 aliphatic carbocycles. The van der Waals surface area contributed by atoms with Crippen LogP contribution in [0.3, 0.4) is 0 Å². The second-order valence-electron chi connectivity index (χ2n) is 6.56. The highest BCUT2D eigenvalue weighted by molar-refractivity contribution is 7.89. The molecule has 0 bridgehead atoms. The van der Waals surface area contributed by atoms with Gasteiger partial charge in [0.15, 0.2) is 5.82 Å². The van der Waals surface area contributed by atoms with Crippen molar-refractivity contribution in [2.45, 2.75) is 63.4 Å². The van der Waals surface area contributed by atoms with Gasteiger partial charge >= 0.3 is 0 Å². The normalized spacial score (nSPS) is 17.9. The first-order valence-corrected chi connectivity index (χ1v) is 9.92. The summed E-state index contributed by atoms with van der Waals surface area (Å²) in [5.74, 6) is 2.15. The van der Waals surface area contributed by atoms with Crippen molar-refractivity contribution in [2.75, 3.05) is 0 Å². The predicted molar refractivity (Wildman–Crippen MR) is 92.4 cm³/mol. The third-order valence-electron chi connectivity index (χ3n) is 4.40. The molecule has 1 N–H and O–H groups in total. The van der Waals surface area contributed by atoms with E-state index < -0.39 is 10.0 Å². The molecule has 1 atom stereocenters. The van der Waals surface area contributed by atoms with Crippen LogP contribution in [0.5, 0.6) is 0 Å². The lowest BCUT2D eigenvalue weighted by molar-refractivity contribution is 0.394. The molecule has 1 aliphatic heterocycles. The monoisotopic (exact) mass is 348 g/mol. The summed E-state index contributed by atoms with van der Waals surface area (Å²) >= 11 is 0. The molecule has 24 heavy (non-hydrogen) atoms. The van der Waals surface area contributed by atoms with Gasteiger partial charge in [0, 0.05) is 18.9 Å². The smallest absolute Gasteiger partial charge is 0.240 e. The molecule has 2 aromatic rings. The van der Waals surface area contributed by atoms with E-state index in [9.17, 15) is 8.42 Å². The second-order valence-corrected chi connectivity index (χ2v) is 8.27. The van der Waals surface area contributed by atoms with E-state index >= 15 is 0 Å². The number of rotatable bonds is 5. The summed E-state index contributed by atoms with van der Waals surface area (Å²) < 4.78 is 29.8. The van der Waals surface area contributed by atoms with Gasteiger partial charge in [-0.15, -0.1) is 0 Å². The van der Waals surface area contributed by atoms with Crippen LogP contribution in [0.4, 0.5) is 0 Å². The summed E-state index contributed by atoms with van der Waals surface area (Å²) in [7, 11) is -3.52. The molecular formula is C17H24N4O2S. The second kappa shape index (κ2) is 6.64. The zero-order chi connectivity index (χ0) is 17.3. The van der Waals surface area contributed by atoms with Gasteiger partial charge in [0.1, 0.15) is 5.82 Å². The molecule has 0 saturated heterocycles. The van der Waals surface area contributed by atoms with Crippen LogP contribution < -0.4 is 4.72 Å². The number of hydrogen-bond acceptors (Lipinski definition) is 4. The molecule has 2 heterocycles. The Hall–Kier alpha value is -1.73. The molecule has 6 nitrogen and oxygen atoms in total. The fraction of sp³-hybridized carbons (Fsp3) is 0.529. The van der Waals surface area contributed by atoms with Gasteiger partial charge in [-0.3, -0.25) is 0 Å². The Labute approximate surface area is 143 Å². The van der Waals surface area contributed by atoms with Crippen molar-refractivity contribution in [3.8, 4) is 0 Å². The Kier molecular flexibility index (Phi) is 4.73. The number of hydrogen-bond donors (Lipinski definition) is 1. The maximum atomic E-state index is 12.6. The van der Waals surface area contributed by atoms with Crippen LogP contribution in [0.2, 0.25) is 0 Å². The number of nitrogens with zero attached hydrogens (tertiary/aromatic N) is 3. The summed E-state index contributed by atoms with van der Waals surface area (Å²) in [5.41, 5.74) is 1.13. The average molecular weight is 348 g/mol. The first kappa shape index (κ1) is 17.1. The maximum absolute atomic E-state index is 12.6. The lowest BCUT2D eigenvalue weighted by atomic mass is 10.0. The highest BCUT2D eigenvalue weighted by atomic mass is 32.2. The summed E-state index contributed by atoms with van der Waals surface area (Å²) in [6, 6.07) is 6.96. The Bertz CT molecular complexity index is 810. The predicted octanol–water partition coefficient (Wildman–Crippen LogP) is 2.26. The minimum absolute atomic E-state index is 0.154. The largest absolute Gasteiger partial charge is 0.248 e. The van der Waals surface area contributed by atoms with E-state index in [4.69, 9.17) is 0 Å². The molecule has 3 rings (SSSR count). The molecule has 7 heteroatoms. The van der Waals surface area contributed by atoms with Gasteiger partial charge in [-0.2, -0.15) is 5.10 Å². The Morgan fingerprint density at radius 1 is 1.29 bits per heavy atom. The van der Waals surface area contributed by atoms with Crippen LogP contribution in [0.25, 0.3) is 0 Å². The Morgan fingerprint density at radius 3 is 2.62 bits per heavy atom. The van der Waals surface area contributed by atoms with Crippen molar-refractivity contribution in [1.29, 1.82) is 0 Å². The summed E-state index contributed by atoms with van der Waals surface area (Å²) in [4.78, 5) is 4.77. The molecule has 0 amide bonds. The number of fused-ring (bicyclic) bond motifs is 1. The first-order chi connectivity index (χ1) is 11.4. The van der Waals surface area contributed by atoms with E-state index in [-0.39, 0.29) is 6.04 Å². The highest BCUT2D eigenvalue weighted by Crippen LogP contribution is 2.19. The van der Waals surface area contributed by atoms with Crippen molar-refractivity contribution in [1.82, 2.24) is 19.5 Å². The molecule has 1 aromatic heterocycles. The van der Waals surface area contributed by atoms with E-state index in [0.29, 0.717) is 17.4 Å². The SMILES string of the molecule is CCc1nc2n(n1)CC(NS(=O)(=O)c1ccc(C(C)C)cc1)CC2. The van der Waals surface area contributed by atoms with Gasteiger partial charge < -0.3 is 0 Å². The van der Waals surface area contributed by atoms with Crippen LogP contribution in [0.1, 0.15) is 50.3 Å². The lowest BCUT2D eigenvalue weighted by Gasteiger charge is -2.23. The molecule has 1 aromatic carbocycles. The third-order valence-corrected chi connectivity index (χ3v) is 5.93. The number of aryl methyl sites for hydroxylation is 2. The van der Waals surface area contributed by atoms with E-state index in [0.717, 1.165) is 36.5 Å². The zero-order valence-corrected chi connectivity index (χ0v) is 15.2. The molecule has 0 fully saturated rings. The van der Waals surface area contributed by atoms with Gasteiger partial charge in [-0.25, -0.2) is 22.8 Å². The summed E-state index contributed by atoms with van der Waals surface area (Å²) in [5, 5.41) is 4.42. The van der Waals surface area contributed by atoms with E-state index in [1.165, 1.54) is 0 Å². The Balaban J connectivity index is 1.73. The summed E-state index contributed by atoms with van der Waals surface area (Å²) in [6.45, 7) is 6.72. The van der Waals surface area contributed by atoms with Crippen molar-refractivity contribution in [2.24, 2.45) is 0 Å². The van der Waals surface area contributed by atoms with Crippen molar-refractivity contribution in [3.05, 3.63) is 41.5 Å². The average Bonchev–Trinajstić information content (AvgIpc) is 2.97. The lowest BCUT2D eigenvalue weighted by Crippen LogP contribution is -2.41. The molecule has 0 radical (unpaired) electrons. The van der Waals surface area contributed by atoms with E-state index in [2.05, 4.69) is 28.7 Å². The quantitative estimate of drug-likeness (QED) is 0.899. The van der Waals surface area contributed by atoms with Crippen molar-refractivity contribution < 1.29 is 8.42 Å². The number of benzene rings is 1. The molecule has 130 valence electrons. The Morgan fingerprint density at radius 2 is 2.00 bits per heavy atom. The van der Waals surface area contributed by atoms with Gasteiger partial charge in [0.2, 0.25) is 10.0 Å². The van der Waals surface area contributed by atoms with E-state index in [1.807, 2.05) is 23.7 Å². The number of aromatic nitrogens is 3. The number of sulfonamides is 1. The van der Waals surface area contributed by atoms with Gasteiger partial charge in [-0.1, -0.05) is 32.9 Å². The molecular weight excluding hydrogens is 324 g/mol. The standard InChI is InChI=1S/C17H24N4O2S/c1-4-16-18-17-10-7-14(11-21(17)19-16)20-24(22,23)15-8-5-13(6-9-15)12(2)3/h5-6,8-9,12,14,20H,4,7,10-11H2,1-3H3. The van der Waals surface area contributed by atoms with Crippen molar-refractivity contribution in [3.63, 3.8) is 0 Å². The zero-order valence-electron chi connectivity index (χ0n) is 14.4. The minimum atomic E-state index is -3.52. The van der Waals surface area contributed by atoms with Crippen LogP contribution in [0, 0.1) is 0 Å². The highest BCUT2D eigenvalue weighted by Gasteiger charge is 2.26. The number of nitrogens with one attached hydrogen (secondary N) is 1. The summed E-state index contributed by atoms with van der Waals surface area (Å²) in [6.07, 6.45) is 2.27. The van der Waals surface area contributed by atoms with Gasteiger partial charge in [-0.05, 0) is 30.0 Å². The minimum Gasteiger partial charge on any atom is -0.248 e. The van der Waals surface area contributed by atoms with Crippen LogP contribution in [-0.2, 0) is 29.4 Å². The maximum Gasteiger partial charge on any atom is 0.240 e. The van der Waals surface area contributed by atoms with Crippen LogP contribution >= 0.6 is 0 Å². The van der Waals surface area contributed by atoms with Crippen molar-refractivity contribution >= 4 is 10.0 Å². The molecule has 0 spiro atoms. The fourth-order valence-electron chi connectivity index (χ4n) is 2.93. The topological polar surface area (TPSA) is 76.9 Å². The van der Waals surface area contributed by atoms with Gasteiger partial charge in [0.05, 0.1) is 11.4 Å². The molecule has 0 saturated carbocycles.